The summed E-state index contributed by atoms with van der Waals surface area (Å²) in [4.78, 5) is 4.40. The van der Waals surface area contributed by atoms with Gasteiger partial charge in [-0.3, -0.25) is 4.57 Å². The van der Waals surface area contributed by atoms with E-state index >= 15 is 0 Å². The number of nitrogens with two attached hydrogens (primary N) is 1. The molecule has 0 aliphatic carbocycles. The number of nitrogens with zero attached hydrogens (tertiary/aromatic N) is 2. The molecule has 96 valence electrons. The zero-order chi connectivity index (χ0) is 13.6. The highest BCUT2D eigenvalue weighted by Gasteiger charge is 2.12. The predicted molar refractivity (Wildman–Crippen MR) is 90.9 cm³/mol. The number of hydrogen-bond donors (Lipinski definition) is 1. The molecular formula is C13H8BrClIN3. The molecule has 0 bridgehead atoms. The SMILES string of the molecule is Nc1nc2cc(I)ccc2n1-c1ccc(Cl)cc1Br. The van der Waals surface area contributed by atoms with Crippen molar-refractivity contribution in [2.24, 2.45) is 0 Å². The Morgan fingerprint density at radius 3 is 2.74 bits per heavy atom. The Morgan fingerprint density at radius 1 is 1.21 bits per heavy atom. The first kappa shape index (κ1) is 13.2. The molecule has 3 rings (SSSR count). The number of fused-ring (bicyclic) bond motifs is 1. The molecule has 0 aliphatic heterocycles. The van der Waals surface area contributed by atoms with Gasteiger partial charge in [0.05, 0.1) is 16.7 Å². The van der Waals surface area contributed by atoms with Crippen LogP contribution in [0.5, 0.6) is 0 Å². The number of halogens is 3. The summed E-state index contributed by atoms with van der Waals surface area (Å²) in [6.45, 7) is 0. The van der Waals surface area contributed by atoms with E-state index in [1.807, 2.05) is 41.0 Å². The van der Waals surface area contributed by atoms with Gasteiger partial charge in [0.25, 0.3) is 0 Å². The smallest absolute Gasteiger partial charge is 0.205 e. The molecule has 3 aromatic rings. The number of benzene rings is 2. The van der Waals surface area contributed by atoms with Crippen molar-refractivity contribution >= 4 is 67.1 Å². The maximum absolute atomic E-state index is 6.04. The van der Waals surface area contributed by atoms with E-state index in [-0.39, 0.29) is 0 Å². The Labute approximate surface area is 137 Å². The number of nitrogen functional groups attached to an aromatic ring is 1. The summed E-state index contributed by atoms with van der Waals surface area (Å²) in [5, 5.41) is 0.674. The van der Waals surface area contributed by atoms with Gasteiger partial charge in [-0.05, 0) is 74.9 Å². The zero-order valence-corrected chi connectivity index (χ0v) is 14.1. The summed E-state index contributed by atoms with van der Waals surface area (Å²) in [5.74, 6) is 0.458. The van der Waals surface area contributed by atoms with E-state index < -0.39 is 0 Å². The van der Waals surface area contributed by atoms with Crippen LogP contribution in [-0.2, 0) is 0 Å². The molecule has 0 amide bonds. The van der Waals surface area contributed by atoms with E-state index in [9.17, 15) is 0 Å². The van der Waals surface area contributed by atoms with Crippen molar-refractivity contribution in [2.45, 2.75) is 0 Å². The van der Waals surface area contributed by atoms with Crippen LogP contribution < -0.4 is 5.73 Å². The largest absolute Gasteiger partial charge is 0.369 e. The molecule has 0 radical (unpaired) electrons. The molecule has 0 saturated heterocycles. The summed E-state index contributed by atoms with van der Waals surface area (Å²) >= 11 is 11.7. The molecule has 0 aliphatic rings. The molecule has 0 spiro atoms. The third-order valence-electron chi connectivity index (χ3n) is 2.79. The quantitative estimate of drug-likeness (QED) is 0.552. The van der Waals surface area contributed by atoms with E-state index in [0.29, 0.717) is 11.0 Å². The third-order valence-corrected chi connectivity index (χ3v) is 4.33. The van der Waals surface area contributed by atoms with Crippen LogP contribution in [0.25, 0.3) is 16.7 Å². The van der Waals surface area contributed by atoms with Gasteiger partial charge in [0.15, 0.2) is 0 Å². The van der Waals surface area contributed by atoms with Crippen molar-refractivity contribution in [3.63, 3.8) is 0 Å². The third kappa shape index (κ3) is 2.34. The zero-order valence-electron chi connectivity index (χ0n) is 9.57. The number of aromatic nitrogens is 2. The fraction of sp³-hybridized carbons (Fsp3) is 0. The topological polar surface area (TPSA) is 43.8 Å². The van der Waals surface area contributed by atoms with Crippen LogP contribution in [0.1, 0.15) is 0 Å². The minimum Gasteiger partial charge on any atom is -0.369 e. The van der Waals surface area contributed by atoms with Crippen LogP contribution in [0.3, 0.4) is 0 Å². The minimum absolute atomic E-state index is 0.458. The average molecular weight is 448 g/mol. The van der Waals surface area contributed by atoms with Gasteiger partial charge in [0, 0.05) is 13.1 Å². The number of rotatable bonds is 1. The van der Waals surface area contributed by atoms with Crippen molar-refractivity contribution < 1.29 is 0 Å². The molecule has 0 fully saturated rings. The van der Waals surface area contributed by atoms with E-state index in [2.05, 4.69) is 43.5 Å². The van der Waals surface area contributed by atoms with Crippen molar-refractivity contribution in [3.8, 4) is 5.69 Å². The minimum atomic E-state index is 0.458. The maximum atomic E-state index is 6.04. The highest BCUT2D eigenvalue weighted by atomic mass is 127. The monoisotopic (exact) mass is 447 g/mol. The van der Waals surface area contributed by atoms with E-state index in [0.717, 1.165) is 24.8 Å². The molecular weight excluding hydrogens is 440 g/mol. The van der Waals surface area contributed by atoms with Crippen LogP contribution in [0.4, 0.5) is 5.95 Å². The highest BCUT2D eigenvalue weighted by Crippen LogP contribution is 2.30. The van der Waals surface area contributed by atoms with Gasteiger partial charge in [-0.2, -0.15) is 0 Å². The van der Waals surface area contributed by atoms with Gasteiger partial charge in [-0.15, -0.1) is 0 Å². The number of anilines is 1. The lowest BCUT2D eigenvalue weighted by Crippen LogP contribution is -2.01. The molecule has 1 heterocycles. The molecule has 2 N–H and O–H groups in total. The lowest BCUT2D eigenvalue weighted by atomic mass is 10.3. The molecule has 3 nitrogen and oxygen atoms in total. The van der Waals surface area contributed by atoms with E-state index in [4.69, 9.17) is 17.3 Å². The van der Waals surface area contributed by atoms with Crippen molar-refractivity contribution in [1.29, 1.82) is 0 Å². The number of hydrogen-bond acceptors (Lipinski definition) is 2. The van der Waals surface area contributed by atoms with Crippen molar-refractivity contribution in [2.75, 3.05) is 5.73 Å². The number of imidazole rings is 1. The Bertz CT molecular complexity index is 785. The first-order valence-electron chi connectivity index (χ1n) is 5.45. The van der Waals surface area contributed by atoms with Crippen LogP contribution in [-0.4, -0.2) is 9.55 Å². The van der Waals surface area contributed by atoms with Crippen molar-refractivity contribution in [1.82, 2.24) is 9.55 Å². The Hall–Kier alpha value is -0.790. The first-order valence-corrected chi connectivity index (χ1v) is 7.70. The molecule has 0 unspecified atom stereocenters. The summed E-state index contributed by atoms with van der Waals surface area (Å²) in [6, 6.07) is 11.6. The van der Waals surface area contributed by atoms with Crippen LogP contribution in [0, 0.1) is 3.57 Å². The fourth-order valence-corrected chi connectivity index (χ4v) is 3.32. The first-order chi connectivity index (χ1) is 9.06. The Morgan fingerprint density at radius 2 is 2.00 bits per heavy atom. The van der Waals surface area contributed by atoms with Gasteiger partial charge in [0.1, 0.15) is 0 Å². The van der Waals surface area contributed by atoms with Crippen LogP contribution in [0.2, 0.25) is 5.02 Å². The van der Waals surface area contributed by atoms with Gasteiger partial charge in [-0.1, -0.05) is 11.6 Å². The normalized spacial score (nSPS) is 11.1. The van der Waals surface area contributed by atoms with Crippen LogP contribution >= 0.6 is 50.1 Å². The molecule has 1 aromatic heterocycles. The second-order valence-corrected chi connectivity index (χ2v) is 6.57. The van der Waals surface area contributed by atoms with Gasteiger partial charge < -0.3 is 5.73 Å². The van der Waals surface area contributed by atoms with E-state index in [1.54, 1.807) is 0 Å². The van der Waals surface area contributed by atoms with Crippen molar-refractivity contribution in [3.05, 3.63) is 49.5 Å². The lowest BCUT2D eigenvalue weighted by Gasteiger charge is -2.09. The molecule has 19 heavy (non-hydrogen) atoms. The summed E-state index contributed by atoms with van der Waals surface area (Å²) in [7, 11) is 0. The molecule has 0 saturated carbocycles. The Kier molecular flexibility index (Phi) is 3.44. The predicted octanol–water partition coefficient (Wildman–Crippen LogP) is 4.63. The summed E-state index contributed by atoms with van der Waals surface area (Å²) < 4.78 is 3.92. The van der Waals surface area contributed by atoms with Crippen LogP contribution in [0.15, 0.2) is 40.9 Å². The second kappa shape index (κ2) is 4.96. The molecule has 6 heteroatoms. The molecule has 2 aromatic carbocycles. The fourth-order valence-electron chi connectivity index (χ4n) is 1.99. The second-order valence-electron chi connectivity index (χ2n) is 4.03. The molecule has 0 atom stereocenters. The lowest BCUT2D eigenvalue weighted by molar-refractivity contribution is 1.10. The van der Waals surface area contributed by atoms with Gasteiger partial charge in [-0.25, -0.2) is 4.98 Å². The Balaban J connectivity index is 2.33. The average Bonchev–Trinajstić information content (AvgIpc) is 2.65. The summed E-state index contributed by atoms with van der Waals surface area (Å²) in [6.07, 6.45) is 0. The van der Waals surface area contributed by atoms with E-state index in [1.165, 1.54) is 0 Å². The summed E-state index contributed by atoms with van der Waals surface area (Å²) in [5.41, 5.74) is 8.81. The van der Waals surface area contributed by atoms with Gasteiger partial charge in [0.2, 0.25) is 5.95 Å². The maximum Gasteiger partial charge on any atom is 0.205 e. The standard InChI is InChI=1S/C13H8BrClIN3/c14-9-5-7(15)1-3-11(9)19-12-4-2-8(16)6-10(12)18-13(19)17/h1-6H,(H2,17,18). The highest BCUT2D eigenvalue weighted by molar-refractivity contribution is 14.1. The van der Waals surface area contributed by atoms with Gasteiger partial charge >= 0.3 is 0 Å².